The Labute approximate surface area is 111 Å². The van der Waals surface area contributed by atoms with Gasteiger partial charge in [-0.05, 0) is 0 Å². The summed E-state index contributed by atoms with van der Waals surface area (Å²) in [7, 11) is -9.66. The standard InChI is InChI=1S/C6H7O3P.H3O4P.Zr/c7-10(8,9)6-4-2-1-3-5-6;1-5(2,3)4;/h1-5H,(H2,7,8,9);(H3,1,2,3,4);/q;;+4/p-4. The molecule has 0 radical (unpaired) electrons. The van der Waals surface area contributed by atoms with E-state index in [9.17, 15) is 9.46 Å². The van der Waals surface area contributed by atoms with Gasteiger partial charge in [0.25, 0.3) is 0 Å². The summed E-state index contributed by atoms with van der Waals surface area (Å²) in [5, 5.41) is -0.0463. The van der Waals surface area contributed by atoms with Crippen LogP contribution in [0.5, 0.6) is 0 Å². The van der Waals surface area contributed by atoms with Gasteiger partial charge >= 0.3 is 26.2 Å². The average molecular weight is 343 g/mol. The molecule has 7 nitrogen and oxygen atoms in total. The van der Waals surface area contributed by atoms with E-state index in [-0.39, 0.29) is 31.5 Å². The van der Waals surface area contributed by atoms with Crippen molar-refractivity contribution in [3.63, 3.8) is 0 Å². The van der Waals surface area contributed by atoms with Gasteiger partial charge in [-0.25, -0.2) is 0 Å². The van der Waals surface area contributed by atoms with Crippen molar-refractivity contribution in [3.8, 4) is 0 Å². The van der Waals surface area contributed by atoms with Crippen molar-refractivity contribution < 1.29 is 59.8 Å². The number of rotatable bonds is 1. The monoisotopic (exact) mass is 342 g/mol. The maximum Gasteiger partial charge on any atom is 4.00 e. The first-order chi connectivity index (χ1) is 6.61. The fourth-order valence-corrected chi connectivity index (χ4v) is 1.17. The zero-order chi connectivity index (χ0) is 12.1. The Balaban J connectivity index is 0. The molecule has 1 N–H and O–H groups in total. The van der Waals surface area contributed by atoms with E-state index >= 15 is 0 Å². The summed E-state index contributed by atoms with van der Waals surface area (Å²) in [5.74, 6) is 0. The SMILES string of the molecule is O=P([O-])(O)c1ccccc1.O=P([O-])([O-])[O-].[Zr+4]. The summed E-state index contributed by atoms with van der Waals surface area (Å²) in [6, 6.07) is 7.47. The molecule has 16 heavy (non-hydrogen) atoms. The van der Waals surface area contributed by atoms with Crippen LogP contribution in [0.2, 0.25) is 0 Å². The molecule has 0 saturated carbocycles. The van der Waals surface area contributed by atoms with Crippen molar-refractivity contribution in [2.45, 2.75) is 0 Å². The third-order valence-corrected chi connectivity index (χ3v) is 2.03. The normalized spacial score (nSPS) is 13.8. The number of phosphoric acid groups is 1. The van der Waals surface area contributed by atoms with Gasteiger partial charge in [0.15, 0.2) is 7.60 Å². The van der Waals surface area contributed by atoms with Crippen molar-refractivity contribution in [1.82, 2.24) is 0 Å². The van der Waals surface area contributed by atoms with Crippen LogP contribution in [0.15, 0.2) is 30.3 Å². The molecule has 0 aliphatic heterocycles. The molecule has 0 aliphatic rings. The van der Waals surface area contributed by atoms with Crippen LogP contribution in [0, 0.1) is 0 Å². The smallest absolute Gasteiger partial charge is 0.822 e. The van der Waals surface area contributed by atoms with E-state index in [1.807, 2.05) is 0 Å². The van der Waals surface area contributed by atoms with Crippen molar-refractivity contribution in [2.75, 3.05) is 0 Å². The molecule has 0 aliphatic carbocycles. The predicted octanol–water partition coefficient (Wildman–Crippen LogP) is -2.97. The Kier molecular flexibility index (Phi) is 8.94. The maximum atomic E-state index is 10.4. The van der Waals surface area contributed by atoms with Crippen LogP contribution in [0.4, 0.5) is 0 Å². The van der Waals surface area contributed by atoms with Crippen LogP contribution < -0.4 is 24.9 Å². The van der Waals surface area contributed by atoms with Crippen molar-refractivity contribution in [2.24, 2.45) is 0 Å². The van der Waals surface area contributed by atoms with E-state index < -0.39 is 15.4 Å². The molecule has 0 fully saturated rings. The Bertz CT molecular complexity index is 375. The molecular weight excluding hydrogens is 337 g/mol. The van der Waals surface area contributed by atoms with E-state index in [0.29, 0.717) is 0 Å². The van der Waals surface area contributed by atoms with Crippen molar-refractivity contribution in [3.05, 3.63) is 30.3 Å². The van der Waals surface area contributed by atoms with E-state index in [0.717, 1.165) is 0 Å². The zero-order valence-electron chi connectivity index (χ0n) is 7.68. The molecule has 86 valence electrons. The van der Waals surface area contributed by atoms with Crippen molar-refractivity contribution in [1.29, 1.82) is 0 Å². The van der Waals surface area contributed by atoms with Crippen LogP contribution in [-0.4, -0.2) is 4.89 Å². The summed E-state index contributed by atoms with van der Waals surface area (Å²) in [6.45, 7) is 0. The van der Waals surface area contributed by atoms with E-state index in [1.165, 1.54) is 12.1 Å². The van der Waals surface area contributed by atoms with Gasteiger partial charge in [0.2, 0.25) is 0 Å². The van der Waals surface area contributed by atoms with Gasteiger partial charge in [-0.1, -0.05) is 30.3 Å². The quantitative estimate of drug-likeness (QED) is 0.536. The second-order valence-electron chi connectivity index (χ2n) is 2.30. The van der Waals surface area contributed by atoms with Crippen molar-refractivity contribution >= 4 is 20.7 Å². The third kappa shape index (κ3) is 12.4. The molecule has 0 amide bonds. The minimum atomic E-state index is -5.39. The fourth-order valence-electron chi connectivity index (χ4n) is 0.616. The summed E-state index contributed by atoms with van der Waals surface area (Å²) in [5.41, 5.74) is 0. The molecule has 1 rings (SSSR count). The van der Waals surface area contributed by atoms with Gasteiger partial charge in [-0.15, -0.1) is 0 Å². The van der Waals surface area contributed by atoms with E-state index in [4.69, 9.17) is 24.1 Å². The van der Waals surface area contributed by atoms with Gasteiger partial charge in [0, 0.05) is 5.30 Å². The zero-order valence-corrected chi connectivity index (χ0v) is 11.9. The van der Waals surface area contributed by atoms with Gasteiger partial charge < -0.3 is 33.6 Å². The average Bonchev–Trinajstić information content (AvgIpc) is 2.01. The first-order valence-corrected chi connectivity index (χ1v) is 6.47. The molecule has 0 heterocycles. The van der Waals surface area contributed by atoms with E-state index in [1.54, 1.807) is 18.2 Å². The summed E-state index contributed by atoms with van der Waals surface area (Å²) in [4.78, 5) is 44.6. The Morgan fingerprint density at radius 1 is 0.938 bits per heavy atom. The minimum absolute atomic E-state index is 0. The number of hydrogen-bond acceptors (Lipinski definition) is 6. The molecule has 1 unspecified atom stereocenters. The van der Waals surface area contributed by atoms with Gasteiger partial charge in [-0.2, -0.15) is 7.82 Å². The predicted molar refractivity (Wildman–Crippen MR) is 43.5 cm³/mol. The van der Waals surface area contributed by atoms with Crippen LogP contribution in [-0.2, 0) is 35.3 Å². The first-order valence-electron chi connectivity index (χ1n) is 3.43. The number of benzene rings is 1. The molecular formula is C6H6O7P2Zr. The van der Waals surface area contributed by atoms with Crippen LogP contribution in [0.25, 0.3) is 0 Å². The van der Waals surface area contributed by atoms with Crippen LogP contribution in [0.3, 0.4) is 0 Å². The summed E-state index contributed by atoms with van der Waals surface area (Å²) in [6.07, 6.45) is 0. The van der Waals surface area contributed by atoms with E-state index in [2.05, 4.69) is 0 Å². The molecule has 1 atom stereocenters. The summed E-state index contributed by atoms with van der Waals surface area (Å²) < 4.78 is 19.0. The first kappa shape index (κ1) is 18.7. The minimum Gasteiger partial charge on any atom is -0.822 e. The number of hydrogen-bond donors (Lipinski definition) is 1. The molecule has 1 aromatic rings. The topological polar surface area (TPSA) is 147 Å². The molecule has 0 aromatic heterocycles. The Morgan fingerprint density at radius 3 is 1.44 bits per heavy atom. The largest absolute Gasteiger partial charge is 4.00 e. The Hall–Kier alpha value is 0.363. The Morgan fingerprint density at radius 2 is 1.25 bits per heavy atom. The van der Waals surface area contributed by atoms with Gasteiger partial charge in [0.1, 0.15) is 0 Å². The van der Waals surface area contributed by atoms with Crippen LogP contribution in [0.1, 0.15) is 0 Å². The van der Waals surface area contributed by atoms with Crippen LogP contribution >= 0.6 is 15.4 Å². The fraction of sp³-hybridized carbons (Fsp3) is 0. The molecule has 0 bridgehead atoms. The second kappa shape index (κ2) is 7.64. The van der Waals surface area contributed by atoms with Gasteiger partial charge in [-0.3, -0.25) is 0 Å². The van der Waals surface area contributed by atoms with Gasteiger partial charge in [0.05, 0.1) is 0 Å². The summed E-state index contributed by atoms with van der Waals surface area (Å²) >= 11 is 0. The maximum absolute atomic E-state index is 10.4. The molecule has 0 saturated heterocycles. The molecule has 0 spiro atoms. The molecule has 1 aromatic carbocycles. The second-order valence-corrected chi connectivity index (χ2v) is 4.75. The third-order valence-electron chi connectivity index (χ3n) is 1.08. The molecule has 10 heteroatoms.